The molecule has 0 aliphatic carbocycles. The molecule has 8 nitrogen and oxygen atoms in total. The fourth-order valence-electron chi connectivity index (χ4n) is 3.23. The van der Waals surface area contributed by atoms with Gasteiger partial charge in [0.25, 0.3) is 0 Å². The maximum Gasteiger partial charge on any atom is 0.353 e. The zero-order valence-corrected chi connectivity index (χ0v) is 15.0. The fraction of sp³-hybridized carbons (Fsp3) is 0.211. The molecule has 0 N–H and O–H groups in total. The van der Waals surface area contributed by atoms with Crippen molar-refractivity contribution in [3.63, 3.8) is 0 Å². The van der Waals surface area contributed by atoms with Gasteiger partial charge in [-0.3, -0.25) is 9.36 Å². The smallest absolute Gasteiger partial charge is 0.351 e. The van der Waals surface area contributed by atoms with Crippen LogP contribution in [0.15, 0.2) is 54.2 Å². The predicted octanol–water partition coefficient (Wildman–Crippen LogP) is 1.15. The van der Waals surface area contributed by atoms with Crippen LogP contribution in [0.2, 0.25) is 0 Å². The van der Waals surface area contributed by atoms with Crippen LogP contribution < -0.4 is 10.6 Å². The number of carbonyl (C=O) groups excluding carboxylic acids is 1. The number of nitrogens with zero attached hydrogens (tertiary/aromatic N) is 6. The van der Waals surface area contributed by atoms with Crippen LogP contribution in [0.1, 0.15) is 0 Å². The standard InChI is InChI=1S/C19H17FN6O2/c1-2-16(27)24-7-9-25(10-8-24)18-17-14(21-12-22-18)11-26(19(28)23-17)15-6-4-3-5-13(15)20/h2-6,11-12H,1,7-10H2. The first-order chi connectivity index (χ1) is 13.6. The Kier molecular flexibility index (Phi) is 4.56. The van der Waals surface area contributed by atoms with Gasteiger partial charge < -0.3 is 9.80 Å². The quantitative estimate of drug-likeness (QED) is 0.634. The van der Waals surface area contributed by atoms with E-state index in [0.717, 1.165) is 4.57 Å². The lowest BCUT2D eigenvalue weighted by molar-refractivity contribution is -0.126. The second-order valence-corrected chi connectivity index (χ2v) is 6.29. The summed E-state index contributed by atoms with van der Waals surface area (Å²) in [4.78, 5) is 40.5. The van der Waals surface area contributed by atoms with Crippen LogP contribution in [0.25, 0.3) is 16.7 Å². The molecule has 142 valence electrons. The fourth-order valence-corrected chi connectivity index (χ4v) is 3.23. The van der Waals surface area contributed by atoms with Gasteiger partial charge in [-0.15, -0.1) is 0 Å². The van der Waals surface area contributed by atoms with E-state index in [-0.39, 0.29) is 11.6 Å². The summed E-state index contributed by atoms with van der Waals surface area (Å²) in [6, 6.07) is 5.98. The van der Waals surface area contributed by atoms with Gasteiger partial charge in [0.15, 0.2) is 5.82 Å². The van der Waals surface area contributed by atoms with Crippen LogP contribution in [-0.2, 0) is 4.79 Å². The third kappa shape index (κ3) is 3.11. The monoisotopic (exact) mass is 380 g/mol. The van der Waals surface area contributed by atoms with Gasteiger partial charge in [-0.25, -0.2) is 19.2 Å². The highest BCUT2D eigenvalue weighted by atomic mass is 19.1. The molecule has 1 amide bonds. The molecule has 0 spiro atoms. The van der Waals surface area contributed by atoms with Gasteiger partial charge in [0.2, 0.25) is 5.91 Å². The number of benzene rings is 1. The molecule has 2 aromatic heterocycles. The van der Waals surface area contributed by atoms with E-state index in [1.165, 1.54) is 30.7 Å². The Bertz CT molecular complexity index is 1120. The summed E-state index contributed by atoms with van der Waals surface area (Å²) in [5.41, 5.74) is 0.272. The highest BCUT2D eigenvalue weighted by Gasteiger charge is 2.23. The summed E-state index contributed by atoms with van der Waals surface area (Å²) in [6.45, 7) is 5.63. The van der Waals surface area contributed by atoms with Crippen molar-refractivity contribution >= 4 is 22.8 Å². The van der Waals surface area contributed by atoms with Crippen LogP contribution in [0, 0.1) is 5.82 Å². The normalized spacial score (nSPS) is 14.3. The lowest BCUT2D eigenvalue weighted by Gasteiger charge is -2.35. The van der Waals surface area contributed by atoms with Crippen molar-refractivity contribution in [3.8, 4) is 5.69 Å². The van der Waals surface area contributed by atoms with E-state index in [1.54, 1.807) is 17.0 Å². The number of para-hydroxylation sites is 1. The van der Waals surface area contributed by atoms with Gasteiger partial charge in [-0.05, 0) is 18.2 Å². The zero-order valence-electron chi connectivity index (χ0n) is 15.0. The number of anilines is 1. The van der Waals surface area contributed by atoms with E-state index in [4.69, 9.17) is 0 Å². The number of piperazine rings is 1. The van der Waals surface area contributed by atoms with Gasteiger partial charge in [0.05, 0.1) is 5.69 Å². The zero-order chi connectivity index (χ0) is 19.7. The molecule has 9 heteroatoms. The lowest BCUT2D eigenvalue weighted by Crippen LogP contribution is -2.48. The van der Waals surface area contributed by atoms with Crippen molar-refractivity contribution in [2.45, 2.75) is 0 Å². The maximum absolute atomic E-state index is 14.1. The van der Waals surface area contributed by atoms with E-state index in [0.29, 0.717) is 43.0 Å². The van der Waals surface area contributed by atoms with Gasteiger partial charge >= 0.3 is 5.69 Å². The molecule has 1 aliphatic heterocycles. The molecule has 0 radical (unpaired) electrons. The Balaban J connectivity index is 1.71. The second-order valence-electron chi connectivity index (χ2n) is 6.29. The molecular weight excluding hydrogens is 363 g/mol. The first kappa shape index (κ1) is 17.8. The number of hydrogen-bond donors (Lipinski definition) is 0. The lowest BCUT2D eigenvalue weighted by atomic mass is 10.2. The molecule has 1 aromatic carbocycles. The van der Waals surface area contributed by atoms with Crippen molar-refractivity contribution in [1.29, 1.82) is 0 Å². The van der Waals surface area contributed by atoms with E-state index in [2.05, 4.69) is 21.5 Å². The van der Waals surface area contributed by atoms with Gasteiger partial charge in [-0.2, -0.15) is 4.98 Å². The van der Waals surface area contributed by atoms with E-state index in [1.807, 2.05) is 4.90 Å². The van der Waals surface area contributed by atoms with Gasteiger partial charge in [0.1, 0.15) is 23.2 Å². The van der Waals surface area contributed by atoms with E-state index < -0.39 is 11.5 Å². The topological polar surface area (TPSA) is 84.2 Å². The predicted molar refractivity (Wildman–Crippen MR) is 102 cm³/mol. The third-order valence-corrected chi connectivity index (χ3v) is 4.67. The summed E-state index contributed by atoms with van der Waals surface area (Å²) >= 11 is 0. The molecular formula is C19H17FN6O2. The molecule has 0 bridgehead atoms. The summed E-state index contributed by atoms with van der Waals surface area (Å²) in [5, 5.41) is 0. The van der Waals surface area contributed by atoms with E-state index in [9.17, 15) is 14.0 Å². The number of amides is 1. The minimum Gasteiger partial charge on any atom is -0.351 e. The first-order valence-corrected chi connectivity index (χ1v) is 8.74. The minimum absolute atomic E-state index is 0.110. The Morgan fingerprint density at radius 2 is 1.89 bits per heavy atom. The molecule has 0 unspecified atom stereocenters. The Morgan fingerprint density at radius 1 is 1.14 bits per heavy atom. The number of fused-ring (bicyclic) bond motifs is 1. The molecule has 4 rings (SSSR count). The Hall–Kier alpha value is -3.62. The SMILES string of the molecule is C=CC(=O)N1CCN(c2ncnc3cn(-c4ccccc4F)c(=O)nc23)CC1. The van der Waals surface area contributed by atoms with Crippen LogP contribution in [0.5, 0.6) is 0 Å². The number of carbonyl (C=O) groups is 1. The molecule has 3 heterocycles. The van der Waals surface area contributed by atoms with Crippen molar-refractivity contribution in [2.75, 3.05) is 31.1 Å². The number of halogens is 1. The molecule has 3 aromatic rings. The van der Waals surface area contributed by atoms with E-state index >= 15 is 0 Å². The summed E-state index contributed by atoms with van der Waals surface area (Å²) in [6.07, 6.45) is 4.14. The Labute approximate surface area is 159 Å². The van der Waals surface area contributed by atoms with Gasteiger partial charge in [-0.1, -0.05) is 18.7 Å². The molecule has 0 atom stereocenters. The average Bonchev–Trinajstić information content (AvgIpc) is 2.73. The Morgan fingerprint density at radius 3 is 2.61 bits per heavy atom. The summed E-state index contributed by atoms with van der Waals surface area (Å²) < 4.78 is 15.2. The average molecular weight is 380 g/mol. The first-order valence-electron chi connectivity index (χ1n) is 8.74. The second kappa shape index (κ2) is 7.18. The largest absolute Gasteiger partial charge is 0.353 e. The number of aromatic nitrogens is 4. The van der Waals surface area contributed by atoms with Crippen molar-refractivity contribution in [2.24, 2.45) is 0 Å². The van der Waals surface area contributed by atoms with Crippen LogP contribution >= 0.6 is 0 Å². The molecule has 28 heavy (non-hydrogen) atoms. The third-order valence-electron chi connectivity index (χ3n) is 4.67. The van der Waals surface area contributed by atoms with Crippen molar-refractivity contribution in [1.82, 2.24) is 24.4 Å². The van der Waals surface area contributed by atoms with Crippen molar-refractivity contribution < 1.29 is 9.18 Å². The van der Waals surface area contributed by atoms with Crippen molar-refractivity contribution in [3.05, 3.63) is 65.7 Å². The number of rotatable bonds is 3. The highest BCUT2D eigenvalue weighted by Crippen LogP contribution is 2.22. The van der Waals surface area contributed by atoms with Gasteiger partial charge in [0, 0.05) is 32.4 Å². The summed E-state index contributed by atoms with van der Waals surface area (Å²) in [5.74, 6) is -0.116. The number of hydrogen-bond acceptors (Lipinski definition) is 6. The summed E-state index contributed by atoms with van der Waals surface area (Å²) in [7, 11) is 0. The van der Waals surface area contributed by atoms with Crippen LogP contribution in [-0.4, -0.2) is 56.5 Å². The minimum atomic E-state index is -0.617. The highest BCUT2D eigenvalue weighted by molar-refractivity contribution is 5.88. The van der Waals surface area contributed by atoms with Crippen LogP contribution in [0.3, 0.4) is 0 Å². The maximum atomic E-state index is 14.1. The molecule has 1 aliphatic rings. The molecule has 1 saturated heterocycles. The molecule has 0 saturated carbocycles. The molecule has 1 fully saturated rings. The van der Waals surface area contributed by atoms with Crippen LogP contribution in [0.4, 0.5) is 10.2 Å².